The Kier molecular flexibility index (Phi) is 3.41. The lowest BCUT2D eigenvalue weighted by molar-refractivity contribution is -0.157. The van der Waals surface area contributed by atoms with E-state index in [1.165, 1.54) is 7.11 Å². The molecular weight excluding hydrogens is 196 g/mol. The SMILES string of the molecule is COC(C(=O)O)C1(COC(C)(C)C)CC1. The Balaban J connectivity index is 2.55. The van der Waals surface area contributed by atoms with Gasteiger partial charge >= 0.3 is 5.97 Å². The summed E-state index contributed by atoms with van der Waals surface area (Å²) in [5.41, 5.74) is -0.528. The van der Waals surface area contributed by atoms with Crippen molar-refractivity contribution in [3.05, 3.63) is 0 Å². The molecule has 0 spiro atoms. The fourth-order valence-corrected chi connectivity index (χ4v) is 1.62. The van der Waals surface area contributed by atoms with Crippen LogP contribution in [0.25, 0.3) is 0 Å². The van der Waals surface area contributed by atoms with Crippen LogP contribution in [0.3, 0.4) is 0 Å². The molecular formula is C11H20O4. The van der Waals surface area contributed by atoms with Gasteiger partial charge < -0.3 is 14.6 Å². The number of carbonyl (C=O) groups is 1. The minimum atomic E-state index is -0.896. The van der Waals surface area contributed by atoms with Crippen molar-refractivity contribution in [1.29, 1.82) is 0 Å². The molecule has 0 aromatic rings. The van der Waals surface area contributed by atoms with E-state index in [2.05, 4.69) is 0 Å². The third kappa shape index (κ3) is 3.18. The van der Waals surface area contributed by atoms with E-state index in [0.717, 1.165) is 12.8 Å². The van der Waals surface area contributed by atoms with Crippen molar-refractivity contribution in [3.63, 3.8) is 0 Å². The molecule has 0 aromatic heterocycles. The first-order chi connectivity index (χ1) is 6.81. The van der Waals surface area contributed by atoms with E-state index in [1.54, 1.807) is 0 Å². The summed E-state index contributed by atoms with van der Waals surface area (Å²) < 4.78 is 10.7. The van der Waals surface area contributed by atoms with Crippen LogP contribution in [0.5, 0.6) is 0 Å². The summed E-state index contributed by atoms with van der Waals surface area (Å²) in [4.78, 5) is 11.0. The third-order valence-electron chi connectivity index (χ3n) is 2.70. The Morgan fingerprint density at radius 1 is 1.47 bits per heavy atom. The van der Waals surface area contributed by atoms with Crippen LogP contribution in [0.15, 0.2) is 0 Å². The molecule has 0 amide bonds. The summed E-state index contributed by atoms with van der Waals surface area (Å²) in [6.07, 6.45) is 1.00. The molecule has 0 bridgehead atoms. The maximum Gasteiger partial charge on any atom is 0.333 e. The summed E-state index contributed by atoms with van der Waals surface area (Å²) in [6.45, 7) is 6.35. The maximum absolute atomic E-state index is 11.0. The Morgan fingerprint density at radius 2 is 2.00 bits per heavy atom. The van der Waals surface area contributed by atoms with E-state index >= 15 is 0 Å². The van der Waals surface area contributed by atoms with Gasteiger partial charge in [-0.2, -0.15) is 0 Å². The summed E-state index contributed by atoms with van der Waals surface area (Å²) in [5, 5.41) is 9.00. The van der Waals surface area contributed by atoms with Crippen molar-refractivity contribution in [1.82, 2.24) is 0 Å². The van der Waals surface area contributed by atoms with Crippen LogP contribution in [0, 0.1) is 5.41 Å². The predicted octanol–water partition coefficient (Wildman–Crippen LogP) is 1.68. The molecule has 0 radical (unpaired) electrons. The summed E-state index contributed by atoms with van der Waals surface area (Å²) in [7, 11) is 1.44. The van der Waals surface area contributed by atoms with Gasteiger partial charge in [-0.25, -0.2) is 4.79 Å². The highest BCUT2D eigenvalue weighted by molar-refractivity contribution is 5.74. The van der Waals surface area contributed by atoms with Crippen LogP contribution < -0.4 is 0 Å². The van der Waals surface area contributed by atoms with Crippen molar-refractivity contribution in [2.45, 2.75) is 45.3 Å². The first-order valence-corrected chi connectivity index (χ1v) is 5.20. The molecule has 1 N–H and O–H groups in total. The van der Waals surface area contributed by atoms with Crippen LogP contribution >= 0.6 is 0 Å². The van der Waals surface area contributed by atoms with Crippen molar-refractivity contribution >= 4 is 5.97 Å². The second-order valence-corrected chi connectivity index (χ2v) is 5.22. The smallest absolute Gasteiger partial charge is 0.333 e. The zero-order valence-electron chi connectivity index (χ0n) is 9.87. The largest absolute Gasteiger partial charge is 0.479 e. The molecule has 15 heavy (non-hydrogen) atoms. The minimum Gasteiger partial charge on any atom is -0.479 e. The topological polar surface area (TPSA) is 55.8 Å². The summed E-state index contributed by atoms with van der Waals surface area (Å²) >= 11 is 0. The van der Waals surface area contributed by atoms with E-state index in [-0.39, 0.29) is 11.0 Å². The Hall–Kier alpha value is -0.610. The minimum absolute atomic E-state index is 0.230. The molecule has 0 heterocycles. The molecule has 1 aliphatic rings. The van der Waals surface area contributed by atoms with Gasteiger partial charge in [-0.05, 0) is 33.6 Å². The second-order valence-electron chi connectivity index (χ2n) is 5.22. The van der Waals surface area contributed by atoms with Crippen molar-refractivity contribution < 1.29 is 19.4 Å². The number of rotatable bonds is 5. The van der Waals surface area contributed by atoms with E-state index in [9.17, 15) is 4.79 Å². The number of hydrogen-bond donors (Lipinski definition) is 1. The number of aliphatic carboxylic acids is 1. The molecule has 1 atom stereocenters. The normalized spacial score (nSPS) is 21.1. The molecule has 1 aliphatic carbocycles. The fraction of sp³-hybridized carbons (Fsp3) is 0.909. The lowest BCUT2D eigenvalue weighted by atomic mass is 10.00. The standard InChI is InChI=1S/C11H20O4/c1-10(2,3)15-7-11(5-6-11)8(14-4)9(12)13/h8H,5-7H2,1-4H3,(H,12,13). The fourth-order valence-electron chi connectivity index (χ4n) is 1.62. The number of ether oxygens (including phenoxy) is 2. The first kappa shape index (κ1) is 12.5. The molecule has 4 heteroatoms. The molecule has 88 valence electrons. The first-order valence-electron chi connectivity index (χ1n) is 5.20. The van der Waals surface area contributed by atoms with E-state index in [4.69, 9.17) is 14.6 Å². The molecule has 1 saturated carbocycles. The maximum atomic E-state index is 11.0. The van der Waals surface area contributed by atoms with Gasteiger partial charge in [0.2, 0.25) is 0 Å². The van der Waals surface area contributed by atoms with Gasteiger partial charge in [0.05, 0.1) is 12.2 Å². The van der Waals surface area contributed by atoms with Gasteiger partial charge in [0.25, 0.3) is 0 Å². The van der Waals surface area contributed by atoms with E-state index in [0.29, 0.717) is 6.61 Å². The quantitative estimate of drug-likeness (QED) is 0.759. The zero-order chi connectivity index (χ0) is 11.7. The lowest BCUT2D eigenvalue weighted by Gasteiger charge is -2.27. The van der Waals surface area contributed by atoms with Gasteiger partial charge in [-0.3, -0.25) is 0 Å². The number of carboxylic acid groups (broad SMARTS) is 1. The molecule has 0 saturated heterocycles. The highest BCUT2D eigenvalue weighted by Gasteiger charge is 2.54. The predicted molar refractivity (Wildman–Crippen MR) is 55.8 cm³/mol. The highest BCUT2D eigenvalue weighted by atomic mass is 16.5. The second kappa shape index (κ2) is 4.10. The number of methoxy groups -OCH3 is 1. The zero-order valence-corrected chi connectivity index (χ0v) is 9.87. The lowest BCUT2D eigenvalue weighted by Crippen LogP contribution is -2.38. The molecule has 1 fully saturated rings. The average Bonchev–Trinajstić information content (AvgIpc) is 2.82. The van der Waals surface area contributed by atoms with Gasteiger partial charge in [-0.15, -0.1) is 0 Å². The summed E-state index contributed by atoms with van der Waals surface area (Å²) in [5.74, 6) is -0.896. The monoisotopic (exact) mass is 216 g/mol. The van der Waals surface area contributed by atoms with Crippen LogP contribution in [-0.4, -0.2) is 36.5 Å². The van der Waals surface area contributed by atoms with Crippen LogP contribution in [0.2, 0.25) is 0 Å². The average molecular weight is 216 g/mol. The van der Waals surface area contributed by atoms with Crippen molar-refractivity contribution in [2.24, 2.45) is 5.41 Å². The number of carboxylic acids is 1. The van der Waals surface area contributed by atoms with Crippen molar-refractivity contribution in [2.75, 3.05) is 13.7 Å². The van der Waals surface area contributed by atoms with E-state index in [1.807, 2.05) is 20.8 Å². The third-order valence-corrected chi connectivity index (χ3v) is 2.70. The van der Waals surface area contributed by atoms with Gasteiger partial charge in [0.15, 0.2) is 6.10 Å². The summed E-state index contributed by atoms with van der Waals surface area (Å²) in [6, 6.07) is 0. The molecule has 1 unspecified atom stereocenters. The number of hydrogen-bond acceptors (Lipinski definition) is 3. The Labute approximate surface area is 90.6 Å². The van der Waals surface area contributed by atoms with E-state index < -0.39 is 12.1 Å². The molecule has 1 rings (SSSR count). The molecule has 4 nitrogen and oxygen atoms in total. The molecule has 0 aliphatic heterocycles. The van der Waals surface area contributed by atoms with Crippen LogP contribution in [0.1, 0.15) is 33.6 Å². The van der Waals surface area contributed by atoms with Gasteiger partial charge in [-0.1, -0.05) is 0 Å². The Bertz CT molecular complexity index is 237. The van der Waals surface area contributed by atoms with Crippen LogP contribution in [0.4, 0.5) is 0 Å². The van der Waals surface area contributed by atoms with Gasteiger partial charge in [0, 0.05) is 12.5 Å². The Morgan fingerprint density at radius 3 is 2.27 bits per heavy atom. The highest BCUT2D eigenvalue weighted by Crippen LogP contribution is 2.50. The van der Waals surface area contributed by atoms with Gasteiger partial charge in [0.1, 0.15) is 0 Å². The van der Waals surface area contributed by atoms with Crippen molar-refractivity contribution in [3.8, 4) is 0 Å². The van der Waals surface area contributed by atoms with Crippen LogP contribution in [-0.2, 0) is 14.3 Å². The molecule has 0 aromatic carbocycles.